The molecule has 1 saturated heterocycles. The quantitative estimate of drug-likeness (QED) is 0.360. The van der Waals surface area contributed by atoms with Crippen LogP contribution < -0.4 is 10.6 Å². The van der Waals surface area contributed by atoms with Crippen molar-refractivity contribution < 1.29 is 13.9 Å². The second-order valence-corrected chi connectivity index (χ2v) is 7.37. The van der Waals surface area contributed by atoms with Crippen molar-refractivity contribution in [3.63, 3.8) is 0 Å². The van der Waals surface area contributed by atoms with Crippen LogP contribution in [-0.2, 0) is 21.8 Å². The summed E-state index contributed by atoms with van der Waals surface area (Å²) in [5.41, 5.74) is 2.07. The first-order chi connectivity index (χ1) is 13.2. The van der Waals surface area contributed by atoms with Crippen LogP contribution in [0.1, 0.15) is 37.3 Å². The largest absolute Gasteiger partial charge is 0.381 e. The maximum absolute atomic E-state index is 13.5. The Kier molecular flexibility index (Phi) is 10.6. The van der Waals surface area contributed by atoms with E-state index in [1.807, 2.05) is 19.2 Å². The van der Waals surface area contributed by atoms with Gasteiger partial charge in [-0.25, -0.2) is 9.38 Å². The van der Waals surface area contributed by atoms with Crippen LogP contribution in [0.3, 0.4) is 0 Å². The van der Waals surface area contributed by atoms with Crippen molar-refractivity contribution in [1.29, 1.82) is 0 Å². The Morgan fingerprint density at radius 3 is 2.85 bits per heavy atom. The van der Waals surface area contributed by atoms with E-state index in [2.05, 4.69) is 15.6 Å². The average molecular weight is 398 g/mol. The molecule has 0 atom stereocenters. The second kappa shape index (κ2) is 13.0. The van der Waals surface area contributed by atoms with E-state index in [0.29, 0.717) is 12.6 Å². The molecule has 0 aliphatic carbocycles. The standard InChI is InChI=1S/C20H32FN3O2S/c1-3-22-20(23-9-4-10-26-19-7-11-25-12-8-19)24-14-16-5-6-18(21)13-17(16)15-27-2/h5-6,13,19H,3-4,7-12,14-15H2,1-2H3,(H2,22,23,24). The number of rotatable bonds is 10. The van der Waals surface area contributed by atoms with Crippen LogP contribution in [0.4, 0.5) is 4.39 Å². The SMILES string of the molecule is CCNC(=NCc1ccc(F)cc1CSC)NCCCOC1CCOCC1. The Balaban J connectivity index is 1.78. The van der Waals surface area contributed by atoms with Crippen LogP contribution >= 0.6 is 11.8 Å². The van der Waals surface area contributed by atoms with E-state index >= 15 is 0 Å². The van der Waals surface area contributed by atoms with Crippen molar-refractivity contribution in [2.24, 2.45) is 4.99 Å². The highest BCUT2D eigenvalue weighted by Crippen LogP contribution is 2.17. The predicted molar refractivity (Wildman–Crippen MR) is 111 cm³/mol. The molecule has 5 nitrogen and oxygen atoms in total. The number of benzene rings is 1. The lowest BCUT2D eigenvalue weighted by Crippen LogP contribution is -2.38. The van der Waals surface area contributed by atoms with Crippen LogP contribution in [0.5, 0.6) is 0 Å². The third-order valence-corrected chi connectivity index (χ3v) is 4.96. The molecule has 1 heterocycles. The number of nitrogens with one attached hydrogen (secondary N) is 2. The first-order valence-corrected chi connectivity index (χ1v) is 11.1. The second-order valence-electron chi connectivity index (χ2n) is 6.50. The summed E-state index contributed by atoms with van der Waals surface area (Å²) in [6.45, 7) is 6.53. The van der Waals surface area contributed by atoms with E-state index in [1.165, 1.54) is 6.07 Å². The molecular weight excluding hydrogens is 365 g/mol. The van der Waals surface area contributed by atoms with Crippen LogP contribution in [0.2, 0.25) is 0 Å². The van der Waals surface area contributed by atoms with E-state index in [-0.39, 0.29) is 5.82 Å². The molecule has 2 N–H and O–H groups in total. The summed E-state index contributed by atoms with van der Waals surface area (Å²) in [6.07, 6.45) is 5.28. The van der Waals surface area contributed by atoms with E-state index in [4.69, 9.17) is 9.47 Å². The van der Waals surface area contributed by atoms with Gasteiger partial charge in [-0.15, -0.1) is 0 Å². The van der Waals surface area contributed by atoms with Crippen LogP contribution in [0.15, 0.2) is 23.2 Å². The van der Waals surface area contributed by atoms with Gasteiger partial charge in [0.2, 0.25) is 0 Å². The molecule has 1 aromatic rings. The number of thioether (sulfide) groups is 1. The molecule has 2 rings (SSSR count). The van der Waals surface area contributed by atoms with Gasteiger partial charge in [0, 0.05) is 38.7 Å². The number of hydrogen-bond donors (Lipinski definition) is 2. The molecule has 0 bridgehead atoms. The lowest BCUT2D eigenvalue weighted by atomic mass is 10.1. The number of ether oxygens (including phenoxy) is 2. The van der Waals surface area contributed by atoms with Gasteiger partial charge in [0.05, 0.1) is 12.6 Å². The van der Waals surface area contributed by atoms with Crippen molar-refractivity contribution in [3.8, 4) is 0 Å². The molecule has 1 fully saturated rings. The minimum atomic E-state index is -0.193. The number of hydrogen-bond acceptors (Lipinski definition) is 4. The molecule has 0 radical (unpaired) electrons. The van der Waals surface area contributed by atoms with Gasteiger partial charge in [-0.05, 0) is 55.7 Å². The molecule has 1 aliphatic heterocycles. The summed E-state index contributed by atoms with van der Waals surface area (Å²) in [6, 6.07) is 4.94. The fourth-order valence-electron chi connectivity index (χ4n) is 2.92. The highest BCUT2D eigenvalue weighted by molar-refractivity contribution is 7.97. The van der Waals surface area contributed by atoms with Gasteiger partial charge in [-0.3, -0.25) is 0 Å². The smallest absolute Gasteiger partial charge is 0.191 e. The number of guanidine groups is 1. The highest BCUT2D eigenvalue weighted by Gasteiger charge is 2.13. The highest BCUT2D eigenvalue weighted by atomic mass is 32.2. The van der Waals surface area contributed by atoms with Gasteiger partial charge in [-0.2, -0.15) is 11.8 Å². The van der Waals surface area contributed by atoms with Gasteiger partial charge in [0.1, 0.15) is 5.82 Å². The van der Waals surface area contributed by atoms with E-state index < -0.39 is 0 Å². The fourth-order valence-corrected chi connectivity index (χ4v) is 3.50. The Labute approximate surface area is 166 Å². The monoisotopic (exact) mass is 397 g/mol. The van der Waals surface area contributed by atoms with Crippen LogP contribution in [0, 0.1) is 5.82 Å². The lowest BCUT2D eigenvalue weighted by Gasteiger charge is -2.22. The van der Waals surface area contributed by atoms with Gasteiger partial charge in [0.15, 0.2) is 5.96 Å². The Hall–Kier alpha value is -1.31. The maximum atomic E-state index is 13.5. The van der Waals surface area contributed by atoms with Gasteiger partial charge in [-0.1, -0.05) is 6.07 Å². The summed E-state index contributed by atoms with van der Waals surface area (Å²) < 4.78 is 24.7. The van der Waals surface area contributed by atoms with Gasteiger partial charge in [0.25, 0.3) is 0 Å². The minimum absolute atomic E-state index is 0.193. The van der Waals surface area contributed by atoms with Crippen molar-refractivity contribution in [3.05, 3.63) is 35.1 Å². The molecule has 0 amide bonds. The zero-order valence-electron chi connectivity index (χ0n) is 16.4. The topological polar surface area (TPSA) is 54.9 Å². The minimum Gasteiger partial charge on any atom is -0.381 e. The molecule has 1 aliphatic rings. The van der Waals surface area contributed by atoms with Gasteiger partial charge >= 0.3 is 0 Å². The summed E-state index contributed by atoms with van der Waals surface area (Å²) in [7, 11) is 0. The summed E-state index contributed by atoms with van der Waals surface area (Å²) in [5, 5.41) is 6.60. The first-order valence-electron chi connectivity index (χ1n) is 9.70. The molecule has 0 unspecified atom stereocenters. The zero-order valence-corrected chi connectivity index (χ0v) is 17.2. The van der Waals surface area contributed by atoms with Crippen molar-refractivity contribution in [2.45, 2.75) is 44.6 Å². The maximum Gasteiger partial charge on any atom is 0.191 e. The molecule has 0 saturated carbocycles. The Bertz CT molecular complexity index is 580. The Morgan fingerprint density at radius 1 is 1.30 bits per heavy atom. The third-order valence-electron chi connectivity index (χ3n) is 4.36. The lowest BCUT2D eigenvalue weighted by molar-refractivity contribution is -0.0320. The number of halogens is 1. The molecule has 1 aromatic carbocycles. The fraction of sp³-hybridized carbons (Fsp3) is 0.650. The third kappa shape index (κ3) is 8.49. The normalized spacial score (nSPS) is 15.7. The Morgan fingerprint density at radius 2 is 2.11 bits per heavy atom. The molecule has 27 heavy (non-hydrogen) atoms. The molecule has 7 heteroatoms. The summed E-state index contributed by atoms with van der Waals surface area (Å²) >= 11 is 1.68. The van der Waals surface area contributed by atoms with Crippen molar-refractivity contribution in [1.82, 2.24) is 10.6 Å². The zero-order chi connectivity index (χ0) is 19.3. The molecule has 0 aromatic heterocycles. The summed E-state index contributed by atoms with van der Waals surface area (Å²) in [5.74, 6) is 1.38. The summed E-state index contributed by atoms with van der Waals surface area (Å²) in [4.78, 5) is 4.65. The average Bonchev–Trinajstić information content (AvgIpc) is 2.68. The van der Waals surface area contributed by atoms with E-state index in [1.54, 1.807) is 17.8 Å². The number of aliphatic imine (C=N–C) groups is 1. The first kappa shape index (κ1) is 22.0. The van der Waals surface area contributed by atoms with Crippen molar-refractivity contribution >= 4 is 17.7 Å². The van der Waals surface area contributed by atoms with Crippen LogP contribution in [-0.4, -0.2) is 51.2 Å². The van der Waals surface area contributed by atoms with Crippen LogP contribution in [0.25, 0.3) is 0 Å². The molecular formula is C20H32FN3O2S. The molecule has 0 spiro atoms. The van der Waals surface area contributed by atoms with E-state index in [9.17, 15) is 4.39 Å². The molecule has 152 valence electrons. The number of nitrogens with zero attached hydrogens (tertiary/aromatic N) is 1. The predicted octanol–water partition coefficient (Wildman–Crippen LogP) is 3.33. The van der Waals surface area contributed by atoms with E-state index in [0.717, 1.165) is 75.0 Å². The van der Waals surface area contributed by atoms with Gasteiger partial charge < -0.3 is 20.1 Å². The van der Waals surface area contributed by atoms with Crippen molar-refractivity contribution in [2.75, 3.05) is 39.2 Å².